The Labute approximate surface area is 113 Å². The van der Waals surface area contributed by atoms with Gasteiger partial charge in [-0.3, -0.25) is 4.79 Å². The number of hydrogen-bond acceptors (Lipinski definition) is 4. The summed E-state index contributed by atoms with van der Waals surface area (Å²) in [7, 11) is -3.62. The van der Waals surface area contributed by atoms with Gasteiger partial charge in [0, 0.05) is 12.6 Å². The second-order valence-corrected chi connectivity index (χ2v) is 7.36. The van der Waals surface area contributed by atoms with Crippen molar-refractivity contribution in [2.75, 3.05) is 6.54 Å². The maximum absolute atomic E-state index is 12.3. The molecule has 4 N–H and O–H groups in total. The molecule has 0 aromatic heterocycles. The molecule has 0 saturated carbocycles. The Morgan fingerprint density at radius 1 is 1.39 bits per heavy atom. The van der Waals surface area contributed by atoms with E-state index in [1.54, 1.807) is 6.92 Å². The molecule has 1 amide bonds. The lowest BCUT2D eigenvalue weighted by Crippen LogP contribution is -2.52. The van der Waals surface area contributed by atoms with Crippen molar-refractivity contribution in [3.05, 3.63) is 0 Å². The second-order valence-electron chi connectivity index (χ2n) is 4.68. The number of carbonyl (C=O) groups is 1. The van der Waals surface area contributed by atoms with Crippen molar-refractivity contribution >= 4 is 33.1 Å². The lowest BCUT2D eigenvalue weighted by atomic mass is 9.95. The van der Waals surface area contributed by atoms with Crippen molar-refractivity contribution < 1.29 is 13.2 Å². The highest BCUT2D eigenvalue weighted by molar-refractivity contribution is 7.92. The van der Waals surface area contributed by atoms with Crippen molar-refractivity contribution in [3.63, 3.8) is 0 Å². The number of sulfonamides is 1. The van der Waals surface area contributed by atoms with Crippen LogP contribution in [0.2, 0.25) is 0 Å². The molecule has 0 aromatic carbocycles. The van der Waals surface area contributed by atoms with Crippen molar-refractivity contribution in [1.29, 1.82) is 0 Å². The van der Waals surface area contributed by atoms with Crippen LogP contribution >= 0.6 is 12.2 Å². The molecule has 0 radical (unpaired) electrons. The van der Waals surface area contributed by atoms with E-state index in [0.717, 1.165) is 0 Å². The first-order valence-electron chi connectivity index (χ1n) is 5.77. The summed E-state index contributed by atoms with van der Waals surface area (Å²) in [4.78, 5) is 11.1. The summed E-state index contributed by atoms with van der Waals surface area (Å²) in [5, 5.41) is -0.929. The first-order valence-corrected chi connectivity index (χ1v) is 7.68. The quantitative estimate of drug-likeness (QED) is 0.684. The predicted octanol–water partition coefficient (Wildman–Crippen LogP) is -0.423. The first-order chi connectivity index (χ1) is 8.17. The van der Waals surface area contributed by atoms with E-state index in [4.69, 9.17) is 23.7 Å². The van der Waals surface area contributed by atoms with Crippen LogP contribution in [0.4, 0.5) is 0 Å². The molecule has 1 aliphatic heterocycles. The number of amides is 1. The lowest BCUT2D eigenvalue weighted by Gasteiger charge is -2.37. The monoisotopic (exact) mass is 293 g/mol. The van der Waals surface area contributed by atoms with E-state index < -0.39 is 27.1 Å². The van der Waals surface area contributed by atoms with Crippen molar-refractivity contribution in [1.82, 2.24) is 4.31 Å². The van der Waals surface area contributed by atoms with Gasteiger partial charge in [0.15, 0.2) is 0 Å². The topological polar surface area (TPSA) is 106 Å². The highest BCUT2D eigenvalue weighted by atomic mass is 32.2. The molecule has 3 atom stereocenters. The van der Waals surface area contributed by atoms with Gasteiger partial charge in [0.1, 0.15) is 5.25 Å². The minimum Gasteiger partial charge on any atom is -0.392 e. The fourth-order valence-corrected chi connectivity index (χ4v) is 4.07. The van der Waals surface area contributed by atoms with Crippen molar-refractivity contribution in [2.45, 2.75) is 38.0 Å². The molecular formula is C10H19N3O3S2. The number of nitrogens with two attached hydrogens (primary N) is 2. The number of hydrogen-bond donors (Lipinski definition) is 2. The molecule has 0 aliphatic carbocycles. The van der Waals surface area contributed by atoms with Gasteiger partial charge in [-0.25, -0.2) is 8.42 Å². The minimum absolute atomic E-state index is 0.0663. The zero-order valence-corrected chi connectivity index (χ0v) is 12.1. The molecule has 1 rings (SSSR count). The number of piperidine rings is 1. The lowest BCUT2D eigenvalue weighted by molar-refractivity contribution is -0.123. The molecule has 0 aromatic rings. The SMILES string of the molecule is CC1CCC(C(N)=O)CN1S(=O)(=O)C(C)C(N)=S. The second kappa shape index (κ2) is 5.50. The van der Waals surface area contributed by atoms with Crippen molar-refractivity contribution in [3.8, 4) is 0 Å². The van der Waals surface area contributed by atoms with Gasteiger partial charge >= 0.3 is 0 Å². The van der Waals surface area contributed by atoms with Gasteiger partial charge in [-0.15, -0.1) is 0 Å². The van der Waals surface area contributed by atoms with E-state index in [1.165, 1.54) is 11.2 Å². The Kier molecular flexibility index (Phi) is 4.68. The van der Waals surface area contributed by atoms with Gasteiger partial charge in [0.25, 0.3) is 0 Å². The van der Waals surface area contributed by atoms with Gasteiger partial charge in [0.2, 0.25) is 15.9 Å². The Balaban J connectivity index is 2.98. The van der Waals surface area contributed by atoms with Crippen LogP contribution in [0.5, 0.6) is 0 Å². The number of carbonyl (C=O) groups excluding carboxylic acids is 1. The third-order valence-corrected chi connectivity index (χ3v) is 6.21. The van der Waals surface area contributed by atoms with E-state index in [9.17, 15) is 13.2 Å². The molecular weight excluding hydrogens is 274 g/mol. The van der Waals surface area contributed by atoms with E-state index in [0.29, 0.717) is 12.8 Å². The minimum atomic E-state index is -3.62. The van der Waals surface area contributed by atoms with E-state index in [-0.39, 0.29) is 17.6 Å². The number of thiocarbonyl (C=S) groups is 1. The highest BCUT2D eigenvalue weighted by Gasteiger charge is 2.39. The Hall–Kier alpha value is -0.730. The van der Waals surface area contributed by atoms with Gasteiger partial charge in [0.05, 0.1) is 10.9 Å². The first kappa shape index (κ1) is 15.3. The molecule has 104 valence electrons. The van der Waals surface area contributed by atoms with Crippen LogP contribution in [0.15, 0.2) is 0 Å². The molecule has 0 spiro atoms. The summed E-state index contributed by atoms with van der Waals surface area (Å²) < 4.78 is 25.9. The zero-order chi connectivity index (χ0) is 14.1. The van der Waals surface area contributed by atoms with Crippen LogP contribution in [0.3, 0.4) is 0 Å². The highest BCUT2D eigenvalue weighted by Crippen LogP contribution is 2.26. The Morgan fingerprint density at radius 2 is 1.94 bits per heavy atom. The van der Waals surface area contributed by atoms with Crippen LogP contribution in [-0.4, -0.2) is 41.5 Å². The van der Waals surface area contributed by atoms with Crippen molar-refractivity contribution in [2.24, 2.45) is 17.4 Å². The van der Waals surface area contributed by atoms with Gasteiger partial charge in [-0.05, 0) is 26.7 Å². The van der Waals surface area contributed by atoms with Crippen LogP contribution in [0, 0.1) is 5.92 Å². The largest absolute Gasteiger partial charge is 0.392 e. The van der Waals surface area contributed by atoms with Crippen LogP contribution in [0.1, 0.15) is 26.7 Å². The summed E-state index contributed by atoms with van der Waals surface area (Å²) in [6, 6.07) is -0.164. The standard InChI is InChI=1S/C10H19N3O3S2/c1-6-3-4-8(9(11)14)5-13(6)18(15,16)7(2)10(12)17/h6-8H,3-5H2,1-2H3,(H2,11,14)(H2,12,17). The van der Waals surface area contributed by atoms with Crippen LogP contribution in [-0.2, 0) is 14.8 Å². The molecule has 0 bridgehead atoms. The van der Waals surface area contributed by atoms with Gasteiger partial charge < -0.3 is 11.5 Å². The smallest absolute Gasteiger partial charge is 0.223 e. The normalized spacial score (nSPS) is 27.7. The molecule has 1 heterocycles. The maximum Gasteiger partial charge on any atom is 0.223 e. The van der Waals surface area contributed by atoms with E-state index in [1.807, 2.05) is 0 Å². The molecule has 6 nitrogen and oxygen atoms in total. The Morgan fingerprint density at radius 3 is 2.39 bits per heavy atom. The van der Waals surface area contributed by atoms with Gasteiger partial charge in [-0.2, -0.15) is 4.31 Å². The van der Waals surface area contributed by atoms with Crippen LogP contribution in [0.25, 0.3) is 0 Å². The van der Waals surface area contributed by atoms with E-state index >= 15 is 0 Å². The summed E-state index contributed by atoms with van der Waals surface area (Å²) in [5.74, 6) is -0.903. The van der Waals surface area contributed by atoms with Gasteiger partial charge in [-0.1, -0.05) is 12.2 Å². The predicted molar refractivity (Wildman–Crippen MR) is 73.3 cm³/mol. The number of primary amides is 1. The number of nitrogens with zero attached hydrogens (tertiary/aromatic N) is 1. The molecule has 1 aliphatic rings. The number of rotatable bonds is 4. The van der Waals surface area contributed by atoms with Crippen LogP contribution < -0.4 is 11.5 Å². The third-order valence-electron chi connectivity index (χ3n) is 3.40. The zero-order valence-electron chi connectivity index (χ0n) is 10.5. The maximum atomic E-state index is 12.3. The summed E-state index contributed by atoms with van der Waals surface area (Å²) in [6.45, 7) is 3.38. The molecule has 1 saturated heterocycles. The fourth-order valence-electron chi connectivity index (χ4n) is 2.01. The fraction of sp³-hybridized carbons (Fsp3) is 0.800. The molecule has 8 heteroatoms. The average molecular weight is 293 g/mol. The molecule has 3 unspecified atom stereocenters. The summed E-state index contributed by atoms with van der Waals surface area (Å²) >= 11 is 4.74. The summed E-state index contributed by atoms with van der Waals surface area (Å²) in [5.41, 5.74) is 10.6. The molecule has 18 heavy (non-hydrogen) atoms. The van der Waals surface area contributed by atoms with E-state index in [2.05, 4.69) is 0 Å². The molecule has 1 fully saturated rings. The third kappa shape index (κ3) is 2.99. The Bertz CT molecular complexity index is 449. The summed E-state index contributed by atoms with van der Waals surface area (Å²) in [6.07, 6.45) is 1.22. The average Bonchev–Trinajstić information content (AvgIpc) is 2.27.